The Hall–Kier alpha value is -1.69. The quantitative estimate of drug-likeness (QED) is 0.933. The third-order valence-electron chi connectivity index (χ3n) is 4.28. The van der Waals surface area contributed by atoms with Crippen LogP contribution in [0.4, 0.5) is 0 Å². The summed E-state index contributed by atoms with van der Waals surface area (Å²) in [6, 6.07) is 8.14. The summed E-state index contributed by atoms with van der Waals surface area (Å²) in [6.07, 6.45) is 3.92. The van der Waals surface area contributed by atoms with Crippen LogP contribution in [0.3, 0.4) is 0 Å². The van der Waals surface area contributed by atoms with Crippen LogP contribution in [-0.2, 0) is 30.5 Å². The van der Waals surface area contributed by atoms with Crippen molar-refractivity contribution in [3.63, 3.8) is 0 Å². The van der Waals surface area contributed by atoms with Gasteiger partial charge in [0, 0.05) is 38.4 Å². The summed E-state index contributed by atoms with van der Waals surface area (Å²) in [7, 11) is 1.93. The average Bonchev–Trinajstić information content (AvgIpc) is 2.96. The van der Waals surface area contributed by atoms with Crippen molar-refractivity contribution in [2.24, 2.45) is 7.05 Å². The molecule has 3 rings (SSSR count). The molecule has 5 nitrogen and oxygen atoms in total. The minimum Gasteiger partial charge on any atom is -0.392 e. The lowest BCUT2D eigenvalue weighted by molar-refractivity contribution is -0.105. The SMILES string of the molecule is Cn1cc(C2(C)CN(Cc3ccc(CO)cc3)CCO2)cn1. The zero-order valence-corrected chi connectivity index (χ0v) is 13.2. The molecule has 1 aliphatic heterocycles. The minimum atomic E-state index is -0.308. The van der Waals surface area contributed by atoms with Gasteiger partial charge >= 0.3 is 0 Å². The molecule has 0 aliphatic carbocycles. The first kappa shape index (κ1) is 15.2. The van der Waals surface area contributed by atoms with E-state index in [1.54, 1.807) is 0 Å². The van der Waals surface area contributed by atoms with Crippen molar-refractivity contribution < 1.29 is 9.84 Å². The standard InChI is InChI=1S/C17H23N3O2/c1-17(16-9-18-19(2)11-16)13-20(7-8-22-17)10-14-3-5-15(12-21)6-4-14/h3-6,9,11,21H,7-8,10,12-13H2,1-2H3. The van der Waals surface area contributed by atoms with Crippen LogP contribution in [0.15, 0.2) is 36.7 Å². The predicted molar refractivity (Wildman–Crippen MR) is 84.2 cm³/mol. The van der Waals surface area contributed by atoms with Gasteiger partial charge in [-0.15, -0.1) is 0 Å². The number of aryl methyl sites for hydroxylation is 1. The zero-order valence-electron chi connectivity index (χ0n) is 13.2. The number of rotatable bonds is 4. The second-order valence-corrected chi connectivity index (χ2v) is 6.17. The van der Waals surface area contributed by atoms with Crippen LogP contribution < -0.4 is 0 Å². The Labute approximate surface area is 131 Å². The number of hydrogen-bond acceptors (Lipinski definition) is 4. The van der Waals surface area contributed by atoms with Crippen LogP contribution >= 0.6 is 0 Å². The van der Waals surface area contributed by atoms with Gasteiger partial charge in [0.15, 0.2) is 0 Å². The maximum atomic E-state index is 9.11. The summed E-state index contributed by atoms with van der Waals surface area (Å²) >= 11 is 0. The molecular formula is C17H23N3O2. The largest absolute Gasteiger partial charge is 0.392 e. The van der Waals surface area contributed by atoms with E-state index < -0.39 is 0 Å². The third kappa shape index (κ3) is 3.21. The predicted octanol–water partition coefficient (Wildman–Crippen LogP) is 1.66. The maximum Gasteiger partial charge on any atom is 0.106 e. The lowest BCUT2D eigenvalue weighted by Crippen LogP contribution is -2.47. The van der Waals surface area contributed by atoms with E-state index in [-0.39, 0.29) is 12.2 Å². The summed E-state index contributed by atoms with van der Waals surface area (Å²) in [5.41, 5.74) is 3.02. The highest BCUT2D eigenvalue weighted by Gasteiger charge is 2.34. The molecule has 1 saturated heterocycles. The van der Waals surface area contributed by atoms with E-state index >= 15 is 0 Å². The van der Waals surface area contributed by atoms with Crippen LogP contribution in [0.1, 0.15) is 23.6 Å². The molecule has 2 heterocycles. The van der Waals surface area contributed by atoms with Crippen LogP contribution in [0.25, 0.3) is 0 Å². The van der Waals surface area contributed by atoms with Crippen LogP contribution in [-0.4, -0.2) is 39.5 Å². The van der Waals surface area contributed by atoms with Gasteiger partial charge in [0.25, 0.3) is 0 Å². The van der Waals surface area contributed by atoms with Crippen LogP contribution in [0.5, 0.6) is 0 Å². The Kier molecular flexibility index (Phi) is 4.29. The molecule has 0 bridgehead atoms. The van der Waals surface area contributed by atoms with Gasteiger partial charge in [-0.1, -0.05) is 24.3 Å². The molecule has 1 N–H and O–H groups in total. The highest BCUT2D eigenvalue weighted by molar-refractivity contribution is 5.22. The number of ether oxygens (including phenoxy) is 1. The molecule has 2 aromatic rings. The first-order valence-corrected chi connectivity index (χ1v) is 7.63. The van der Waals surface area contributed by atoms with E-state index in [9.17, 15) is 0 Å². The molecule has 0 saturated carbocycles. The fourth-order valence-electron chi connectivity index (χ4n) is 2.96. The van der Waals surface area contributed by atoms with E-state index in [2.05, 4.69) is 29.1 Å². The highest BCUT2D eigenvalue weighted by atomic mass is 16.5. The summed E-state index contributed by atoms with van der Waals surface area (Å²) in [5.74, 6) is 0. The second-order valence-electron chi connectivity index (χ2n) is 6.17. The second kappa shape index (κ2) is 6.20. The Balaban J connectivity index is 1.69. The van der Waals surface area contributed by atoms with Crippen molar-refractivity contribution in [3.8, 4) is 0 Å². The lowest BCUT2D eigenvalue weighted by atomic mass is 9.96. The van der Waals surface area contributed by atoms with Crippen molar-refractivity contribution in [1.29, 1.82) is 0 Å². The van der Waals surface area contributed by atoms with Gasteiger partial charge in [-0.3, -0.25) is 9.58 Å². The molecule has 1 aromatic heterocycles. The molecule has 1 aliphatic rings. The van der Waals surface area contributed by atoms with E-state index in [1.165, 1.54) is 5.56 Å². The molecule has 0 spiro atoms. The van der Waals surface area contributed by atoms with E-state index in [1.807, 2.05) is 36.3 Å². The Bertz CT molecular complexity index is 623. The van der Waals surface area contributed by atoms with Crippen molar-refractivity contribution in [1.82, 2.24) is 14.7 Å². The highest BCUT2D eigenvalue weighted by Crippen LogP contribution is 2.29. The fourth-order valence-corrected chi connectivity index (χ4v) is 2.96. The minimum absolute atomic E-state index is 0.0942. The normalized spacial score (nSPS) is 22.9. The molecule has 22 heavy (non-hydrogen) atoms. The number of aliphatic hydroxyl groups excluding tert-OH is 1. The number of nitrogens with zero attached hydrogens (tertiary/aromatic N) is 3. The first-order chi connectivity index (χ1) is 10.6. The third-order valence-corrected chi connectivity index (χ3v) is 4.28. The number of benzene rings is 1. The number of aliphatic hydroxyl groups is 1. The Morgan fingerprint density at radius 1 is 1.27 bits per heavy atom. The molecule has 0 radical (unpaired) electrons. The van der Waals surface area contributed by atoms with Gasteiger partial charge in [-0.25, -0.2) is 0 Å². The summed E-state index contributed by atoms with van der Waals surface area (Å²) in [4.78, 5) is 2.41. The van der Waals surface area contributed by atoms with Crippen molar-refractivity contribution >= 4 is 0 Å². The van der Waals surface area contributed by atoms with Gasteiger partial charge in [0.05, 0.1) is 19.4 Å². The molecule has 1 atom stereocenters. The van der Waals surface area contributed by atoms with Crippen molar-refractivity contribution in [2.75, 3.05) is 19.7 Å². The van der Waals surface area contributed by atoms with Crippen LogP contribution in [0.2, 0.25) is 0 Å². The molecule has 1 fully saturated rings. The maximum absolute atomic E-state index is 9.11. The number of hydrogen-bond donors (Lipinski definition) is 1. The zero-order chi connectivity index (χ0) is 15.6. The molecule has 118 valence electrons. The topological polar surface area (TPSA) is 50.5 Å². The van der Waals surface area contributed by atoms with Crippen LogP contribution in [0, 0.1) is 0 Å². The Morgan fingerprint density at radius 2 is 2.00 bits per heavy atom. The smallest absolute Gasteiger partial charge is 0.106 e. The molecular weight excluding hydrogens is 278 g/mol. The summed E-state index contributed by atoms with van der Waals surface area (Å²) in [5, 5.41) is 13.4. The number of morpholine rings is 1. The van der Waals surface area contributed by atoms with E-state index in [0.29, 0.717) is 0 Å². The monoisotopic (exact) mass is 301 g/mol. The van der Waals surface area contributed by atoms with Crippen molar-refractivity contribution in [3.05, 3.63) is 53.3 Å². The first-order valence-electron chi connectivity index (χ1n) is 7.63. The Morgan fingerprint density at radius 3 is 2.64 bits per heavy atom. The molecule has 1 aromatic carbocycles. The van der Waals surface area contributed by atoms with Gasteiger partial charge in [-0.05, 0) is 18.1 Å². The lowest BCUT2D eigenvalue weighted by Gasteiger charge is -2.40. The fraction of sp³-hybridized carbons (Fsp3) is 0.471. The van der Waals surface area contributed by atoms with E-state index in [4.69, 9.17) is 9.84 Å². The van der Waals surface area contributed by atoms with Crippen molar-refractivity contribution in [2.45, 2.75) is 25.7 Å². The average molecular weight is 301 g/mol. The molecule has 5 heteroatoms. The van der Waals surface area contributed by atoms with Gasteiger partial charge in [0.2, 0.25) is 0 Å². The van der Waals surface area contributed by atoms with Gasteiger partial charge in [-0.2, -0.15) is 5.10 Å². The van der Waals surface area contributed by atoms with E-state index in [0.717, 1.165) is 37.4 Å². The summed E-state index contributed by atoms with van der Waals surface area (Å²) in [6.45, 7) is 5.62. The van der Waals surface area contributed by atoms with Gasteiger partial charge < -0.3 is 9.84 Å². The van der Waals surface area contributed by atoms with Gasteiger partial charge in [0.1, 0.15) is 5.60 Å². The summed E-state index contributed by atoms with van der Waals surface area (Å²) < 4.78 is 7.86. The molecule has 0 amide bonds. The number of aromatic nitrogens is 2. The molecule has 1 unspecified atom stereocenters.